The maximum absolute atomic E-state index is 12.8. The number of benzene rings is 1. The van der Waals surface area contributed by atoms with E-state index < -0.39 is 0 Å². The highest BCUT2D eigenvalue weighted by molar-refractivity contribution is 8.00. The van der Waals surface area contributed by atoms with Crippen LogP contribution >= 0.6 is 11.8 Å². The van der Waals surface area contributed by atoms with Gasteiger partial charge in [0.25, 0.3) is 5.56 Å². The van der Waals surface area contributed by atoms with Crippen molar-refractivity contribution < 1.29 is 4.79 Å². The van der Waals surface area contributed by atoms with Gasteiger partial charge in [0.15, 0.2) is 5.16 Å². The van der Waals surface area contributed by atoms with Crippen molar-refractivity contribution in [3.8, 4) is 0 Å². The normalized spacial score (nSPS) is 12.3. The van der Waals surface area contributed by atoms with Gasteiger partial charge in [-0.2, -0.15) is 0 Å². The molecule has 0 fully saturated rings. The lowest BCUT2D eigenvalue weighted by Crippen LogP contribution is -2.31. The van der Waals surface area contributed by atoms with Gasteiger partial charge in [-0.15, -0.1) is 0 Å². The minimum atomic E-state index is -0.286. The zero-order valence-electron chi connectivity index (χ0n) is 14.1. The first-order valence-electron chi connectivity index (χ1n) is 7.83. The predicted molar refractivity (Wildman–Crippen MR) is 94.9 cm³/mol. The van der Waals surface area contributed by atoms with Crippen LogP contribution in [0.25, 0.3) is 10.9 Å². The fourth-order valence-electron chi connectivity index (χ4n) is 2.32. The molecule has 2 aromatic rings. The highest BCUT2D eigenvalue weighted by Crippen LogP contribution is 2.23. The van der Waals surface area contributed by atoms with Crippen LogP contribution in [0, 0.1) is 0 Å². The number of hydrogen-bond donors (Lipinski definition) is 0. The second-order valence-corrected chi connectivity index (χ2v) is 7.02. The summed E-state index contributed by atoms with van der Waals surface area (Å²) in [4.78, 5) is 31.1. The van der Waals surface area contributed by atoms with Crippen LogP contribution in [0.15, 0.2) is 34.2 Å². The summed E-state index contributed by atoms with van der Waals surface area (Å²) in [6.45, 7) is 4.56. The van der Waals surface area contributed by atoms with Crippen molar-refractivity contribution in [3.05, 3.63) is 34.6 Å². The Labute approximate surface area is 140 Å². The quantitative estimate of drug-likeness (QED) is 0.602. The third-order valence-electron chi connectivity index (χ3n) is 3.63. The molecule has 0 radical (unpaired) electrons. The third kappa shape index (κ3) is 3.93. The molecule has 0 aliphatic carbocycles. The van der Waals surface area contributed by atoms with E-state index in [4.69, 9.17) is 0 Å². The molecule has 1 atom stereocenters. The number of aromatic nitrogens is 2. The second kappa shape index (κ2) is 7.64. The molecule has 1 aromatic carbocycles. The molecule has 1 amide bonds. The van der Waals surface area contributed by atoms with Crippen LogP contribution in [0.1, 0.15) is 26.7 Å². The van der Waals surface area contributed by atoms with Gasteiger partial charge in [-0.25, -0.2) is 4.98 Å². The molecular weight excluding hydrogens is 310 g/mol. The molecule has 23 heavy (non-hydrogen) atoms. The topological polar surface area (TPSA) is 55.2 Å². The van der Waals surface area contributed by atoms with Gasteiger partial charge in [0.2, 0.25) is 5.91 Å². The van der Waals surface area contributed by atoms with E-state index in [1.165, 1.54) is 11.8 Å². The van der Waals surface area contributed by atoms with Crippen molar-refractivity contribution >= 4 is 28.6 Å². The Kier molecular flexibility index (Phi) is 5.82. The second-order valence-electron chi connectivity index (χ2n) is 5.71. The Balaban J connectivity index is 2.47. The maximum atomic E-state index is 12.8. The molecule has 124 valence electrons. The summed E-state index contributed by atoms with van der Waals surface area (Å²) >= 11 is 1.35. The molecule has 6 heteroatoms. The van der Waals surface area contributed by atoms with E-state index in [0.29, 0.717) is 22.6 Å². The summed E-state index contributed by atoms with van der Waals surface area (Å²) in [5.41, 5.74) is 0.647. The van der Waals surface area contributed by atoms with Crippen molar-refractivity contribution in [2.45, 2.75) is 43.6 Å². The van der Waals surface area contributed by atoms with Crippen LogP contribution in [-0.4, -0.2) is 39.7 Å². The Morgan fingerprint density at radius 1 is 1.35 bits per heavy atom. The summed E-state index contributed by atoms with van der Waals surface area (Å²) in [6, 6.07) is 7.36. The Bertz CT molecular complexity index is 755. The van der Waals surface area contributed by atoms with E-state index >= 15 is 0 Å². The van der Waals surface area contributed by atoms with Gasteiger partial charge in [0, 0.05) is 20.6 Å². The lowest BCUT2D eigenvalue weighted by atomic mass is 10.2. The summed E-state index contributed by atoms with van der Waals surface area (Å²) in [5.74, 6) is 0.0134. The van der Waals surface area contributed by atoms with Crippen molar-refractivity contribution in [2.75, 3.05) is 14.1 Å². The zero-order valence-corrected chi connectivity index (χ0v) is 14.9. The van der Waals surface area contributed by atoms with Gasteiger partial charge < -0.3 is 4.90 Å². The third-order valence-corrected chi connectivity index (χ3v) is 4.71. The molecule has 1 heterocycles. The molecule has 0 aliphatic heterocycles. The molecular formula is C17H23N3O2S. The number of carbonyl (C=O) groups is 1. The highest BCUT2D eigenvalue weighted by atomic mass is 32.2. The minimum Gasteiger partial charge on any atom is -0.348 e. The molecule has 1 aromatic heterocycles. The Hall–Kier alpha value is -1.82. The molecule has 0 bridgehead atoms. The smallest absolute Gasteiger partial charge is 0.262 e. The first-order chi connectivity index (χ1) is 11.0. The number of thioether (sulfide) groups is 1. The van der Waals surface area contributed by atoms with E-state index in [1.807, 2.05) is 25.1 Å². The van der Waals surface area contributed by atoms with Gasteiger partial charge in [-0.05, 0) is 25.5 Å². The van der Waals surface area contributed by atoms with Crippen molar-refractivity contribution in [3.63, 3.8) is 0 Å². The summed E-state index contributed by atoms with van der Waals surface area (Å²) in [6.07, 6.45) is 1.90. The SMILES string of the molecule is CCCCn1c(S[C@H](C)C(=O)N(C)C)nc2ccccc2c1=O. The lowest BCUT2D eigenvalue weighted by molar-refractivity contribution is -0.127. The summed E-state index contributed by atoms with van der Waals surface area (Å²) in [5, 5.41) is 0.954. The fraction of sp³-hybridized carbons (Fsp3) is 0.471. The van der Waals surface area contributed by atoms with Gasteiger partial charge in [0.1, 0.15) is 0 Å². The largest absolute Gasteiger partial charge is 0.348 e. The van der Waals surface area contributed by atoms with Crippen molar-refractivity contribution in [1.29, 1.82) is 0 Å². The Morgan fingerprint density at radius 3 is 2.70 bits per heavy atom. The molecule has 0 N–H and O–H groups in total. The predicted octanol–water partition coefficient (Wildman–Crippen LogP) is 2.77. The standard InChI is InChI=1S/C17H23N3O2S/c1-5-6-11-20-16(22)13-9-7-8-10-14(13)18-17(20)23-12(2)15(21)19(3)4/h7-10,12H,5-6,11H2,1-4H3/t12-/m1/s1. The molecule has 5 nitrogen and oxygen atoms in total. The number of nitrogens with zero attached hydrogens (tertiary/aromatic N) is 3. The number of para-hydroxylation sites is 1. The van der Waals surface area contributed by atoms with Crippen molar-refractivity contribution in [1.82, 2.24) is 14.5 Å². The number of unbranched alkanes of at least 4 members (excludes halogenated alkanes) is 1. The van der Waals surface area contributed by atoms with Gasteiger partial charge in [-0.3, -0.25) is 14.2 Å². The molecule has 0 saturated carbocycles. The first-order valence-corrected chi connectivity index (χ1v) is 8.71. The maximum Gasteiger partial charge on any atom is 0.262 e. The molecule has 0 aliphatic rings. The van der Waals surface area contributed by atoms with Crippen LogP contribution in [0.3, 0.4) is 0 Å². The van der Waals surface area contributed by atoms with E-state index in [0.717, 1.165) is 12.8 Å². The van der Waals surface area contributed by atoms with Gasteiger partial charge in [0.05, 0.1) is 16.2 Å². The van der Waals surface area contributed by atoms with E-state index in [2.05, 4.69) is 11.9 Å². The van der Waals surface area contributed by atoms with Crippen molar-refractivity contribution in [2.24, 2.45) is 0 Å². The van der Waals surface area contributed by atoms with E-state index in [9.17, 15) is 9.59 Å². The lowest BCUT2D eigenvalue weighted by Gasteiger charge is -2.18. The van der Waals surface area contributed by atoms with E-state index in [-0.39, 0.29) is 16.7 Å². The highest BCUT2D eigenvalue weighted by Gasteiger charge is 2.20. The number of hydrogen-bond acceptors (Lipinski definition) is 4. The van der Waals surface area contributed by atoms with Crippen LogP contribution in [0.2, 0.25) is 0 Å². The average molecular weight is 333 g/mol. The fourth-order valence-corrected chi connectivity index (χ4v) is 3.40. The summed E-state index contributed by atoms with van der Waals surface area (Å²) in [7, 11) is 3.47. The number of rotatable bonds is 6. The number of amides is 1. The molecule has 0 spiro atoms. The molecule has 0 unspecified atom stereocenters. The van der Waals surface area contributed by atoms with Crippen LogP contribution < -0.4 is 5.56 Å². The number of carbonyl (C=O) groups excluding carboxylic acids is 1. The molecule has 0 saturated heterocycles. The summed E-state index contributed by atoms with van der Waals surface area (Å²) < 4.78 is 1.70. The minimum absolute atomic E-state index is 0.0134. The molecule has 2 rings (SSSR count). The zero-order chi connectivity index (χ0) is 17.0. The average Bonchev–Trinajstić information content (AvgIpc) is 2.53. The number of fused-ring (bicyclic) bond motifs is 1. The van der Waals surface area contributed by atoms with Crippen LogP contribution in [0.4, 0.5) is 0 Å². The first kappa shape index (κ1) is 17.5. The van der Waals surface area contributed by atoms with Gasteiger partial charge >= 0.3 is 0 Å². The van der Waals surface area contributed by atoms with Crippen LogP contribution in [-0.2, 0) is 11.3 Å². The van der Waals surface area contributed by atoms with E-state index in [1.54, 1.807) is 29.6 Å². The van der Waals surface area contributed by atoms with Crippen LogP contribution in [0.5, 0.6) is 0 Å². The van der Waals surface area contributed by atoms with Gasteiger partial charge in [-0.1, -0.05) is 37.2 Å². The monoisotopic (exact) mass is 333 g/mol. The Morgan fingerprint density at radius 2 is 2.04 bits per heavy atom.